The first-order valence-electron chi connectivity index (χ1n) is 7.97. The normalized spacial score (nSPS) is 11.5. The fourth-order valence-electron chi connectivity index (χ4n) is 2.50. The highest BCUT2D eigenvalue weighted by Crippen LogP contribution is 2.19. The van der Waals surface area contributed by atoms with Crippen molar-refractivity contribution in [1.82, 2.24) is 10.2 Å². The van der Waals surface area contributed by atoms with E-state index < -0.39 is 0 Å². The molecule has 0 bridgehead atoms. The van der Waals surface area contributed by atoms with Gasteiger partial charge in [0.25, 0.3) is 0 Å². The smallest absolute Gasteiger partial charge is 0.234 e. The predicted molar refractivity (Wildman–Crippen MR) is 96.1 cm³/mol. The van der Waals surface area contributed by atoms with Gasteiger partial charge in [0.05, 0.1) is 6.54 Å². The number of nitrogens with zero attached hydrogens (tertiary/aromatic N) is 1. The van der Waals surface area contributed by atoms with Gasteiger partial charge >= 0.3 is 0 Å². The fraction of sp³-hybridized carbons (Fsp3) is 0.350. The van der Waals surface area contributed by atoms with E-state index in [-0.39, 0.29) is 11.4 Å². The maximum absolute atomic E-state index is 11.9. The number of hydrogen-bond donors (Lipinski definition) is 1. The summed E-state index contributed by atoms with van der Waals surface area (Å²) in [5.74, 6) is 0.0564. The lowest BCUT2D eigenvalue weighted by Crippen LogP contribution is -2.45. The fourth-order valence-corrected chi connectivity index (χ4v) is 2.50. The van der Waals surface area contributed by atoms with Gasteiger partial charge in [0.2, 0.25) is 5.91 Å². The topological polar surface area (TPSA) is 32.3 Å². The van der Waals surface area contributed by atoms with Crippen molar-refractivity contribution in [2.24, 2.45) is 0 Å². The first kappa shape index (κ1) is 17.2. The van der Waals surface area contributed by atoms with Crippen molar-refractivity contribution in [3.8, 4) is 11.1 Å². The number of benzene rings is 2. The van der Waals surface area contributed by atoms with E-state index in [1.165, 1.54) is 16.7 Å². The van der Waals surface area contributed by atoms with Gasteiger partial charge in [0.15, 0.2) is 0 Å². The van der Waals surface area contributed by atoms with E-state index in [1.54, 1.807) is 0 Å². The first-order chi connectivity index (χ1) is 10.8. The van der Waals surface area contributed by atoms with Crippen molar-refractivity contribution in [2.45, 2.75) is 32.9 Å². The number of amides is 1. The number of nitrogens with one attached hydrogen (secondary N) is 1. The Morgan fingerprint density at radius 2 is 1.52 bits per heavy atom. The second-order valence-corrected chi connectivity index (χ2v) is 7.03. The monoisotopic (exact) mass is 310 g/mol. The second-order valence-electron chi connectivity index (χ2n) is 7.03. The molecule has 122 valence electrons. The van der Waals surface area contributed by atoms with E-state index in [2.05, 4.69) is 41.7 Å². The van der Waals surface area contributed by atoms with Gasteiger partial charge in [-0.05, 0) is 44.5 Å². The minimum atomic E-state index is -0.185. The van der Waals surface area contributed by atoms with Crippen LogP contribution in [-0.4, -0.2) is 29.9 Å². The van der Waals surface area contributed by atoms with Crippen molar-refractivity contribution in [3.63, 3.8) is 0 Å². The molecule has 1 amide bonds. The number of hydrogen-bond acceptors (Lipinski definition) is 2. The maximum Gasteiger partial charge on any atom is 0.234 e. The lowest BCUT2D eigenvalue weighted by atomic mass is 10.0. The highest BCUT2D eigenvalue weighted by atomic mass is 16.2. The van der Waals surface area contributed by atoms with Crippen LogP contribution < -0.4 is 5.32 Å². The Labute approximate surface area is 139 Å². The van der Waals surface area contributed by atoms with Crippen LogP contribution in [0.2, 0.25) is 0 Å². The van der Waals surface area contributed by atoms with Crippen molar-refractivity contribution >= 4 is 5.91 Å². The summed E-state index contributed by atoms with van der Waals surface area (Å²) in [5.41, 5.74) is 3.45. The molecule has 3 nitrogen and oxygen atoms in total. The van der Waals surface area contributed by atoms with Crippen LogP contribution in [0, 0.1) is 0 Å². The number of carbonyl (C=O) groups excluding carboxylic acids is 1. The SMILES string of the molecule is CN(CC(=O)NC(C)(C)C)Cc1ccc(-c2ccccc2)cc1. The molecule has 2 aromatic carbocycles. The van der Waals surface area contributed by atoms with Gasteiger partial charge in [0.1, 0.15) is 0 Å². The maximum atomic E-state index is 11.9. The van der Waals surface area contributed by atoms with Gasteiger partial charge in [-0.25, -0.2) is 0 Å². The summed E-state index contributed by atoms with van der Waals surface area (Å²) in [4.78, 5) is 14.0. The Hall–Kier alpha value is -2.13. The molecule has 0 radical (unpaired) electrons. The Morgan fingerprint density at radius 3 is 2.09 bits per heavy atom. The van der Waals surface area contributed by atoms with E-state index in [9.17, 15) is 4.79 Å². The molecule has 0 heterocycles. The third kappa shape index (κ3) is 5.87. The summed E-state index contributed by atoms with van der Waals surface area (Å²) < 4.78 is 0. The summed E-state index contributed by atoms with van der Waals surface area (Å²) in [6.45, 7) is 7.14. The van der Waals surface area contributed by atoms with E-state index >= 15 is 0 Å². The molecular formula is C20H26N2O. The molecule has 0 saturated carbocycles. The molecule has 0 unspecified atom stereocenters. The van der Waals surface area contributed by atoms with Crippen LogP contribution in [0.1, 0.15) is 26.3 Å². The Kier molecular flexibility index (Phi) is 5.56. The average Bonchev–Trinajstić information content (AvgIpc) is 2.46. The zero-order chi connectivity index (χ0) is 16.9. The van der Waals surface area contributed by atoms with Crippen molar-refractivity contribution < 1.29 is 4.79 Å². The molecule has 0 aliphatic rings. The number of carbonyl (C=O) groups is 1. The Balaban J connectivity index is 1.92. The van der Waals surface area contributed by atoms with Crippen molar-refractivity contribution in [2.75, 3.05) is 13.6 Å². The lowest BCUT2D eigenvalue weighted by molar-refractivity contribution is -0.123. The highest BCUT2D eigenvalue weighted by molar-refractivity contribution is 5.78. The largest absolute Gasteiger partial charge is 0.350 e. The quantitative estimate of drug-likeness (QED) is 0.913. The minimum absolute atomic E-state index is 0.0564. The second kappa shape index (κ2) is 7.42. The number of likely N-dealkylation sites (N-methyl/N-ethyl adjacent to an activating group) is 1. The third-order valence-corrected chi connectivity index (χ3v) is 3.44. The Morgan fingerprint density at radius 1 is 0.957 bits per heavy atom. The predicted octanol–water partition coefficient (Wildman–Crippen LogP) is 3.70. The van der Waals surface area contributed by atoms with Gasteiger partial charge in [-0.1, -0.05) is 54.6 Å². The number of rotatable bonds is 5. The highest BCUT2D eigenvalue weighted by Gasteiger charge is 2.15. The standard InChI is InChI=1S/C20H26N2O/c1-20(2,3)21-19(23)15-22(4)14-16-10-12-18(13-11-16)17-8-6-5-7-9-17/h5-13H,14-15H2,1-4H3,(H,21,23). The minimum Gasteiger partial charge on any atom is -0.350 e. The average molecular weight is 310 g/mol. The van der Waals surface area contributed by atoms with Crippen molar-refractivity contribution in [3.05, 3.63) is 60.2 Å². The van der Waals surface area contributed by atoms with Crippen LogP contribution in [0.15, 0.2) is 54.6 Å². The van der Waals surface area contributed by atoms with Gasteiger partial charge in [-0.15, -0.1) is 0 Å². The van der Waals surface area contributed by atoms with Gasteiger partial charge in [-0.2, -0.15) is 0 Å². The van der Waals surface area contributed by atoms with Gasteiger partial charge in [0, 0.05) is 12.1 Å². The Bertz CT molecular complexity index is 627. The summed E-state index contributed by atoms with van der Waals surface area (Å²) in [6, 6.07) is 18.9. The summed E-state index contributed by atoms with van der Waals surface area (Å²) in [6.07, 6.45) is 0. The molecule has 2 rings (SSSR count). The molecule has 0 atom stereocenters. The molecule has 3 heteroatoms. The molecule has 0 spiro atoms. The molecule has 0 saturated heterocycles. The third-order valence-electron chi connectivity index (χ3n) is 3.44. The summed E-state index contributed by atoms with van der Waals surface area (Å²) >= 11 is 0. The molecular weight excluding hydrogens is 284 g/mol. The van der Waals surface area contributed by atoms with E-state index in [0.717, 1.165) is 6.54 Å². The van der Waals surface area contributed by atoms with Gasteiger partial charge in [-0.3, -0.25) is 9.69 Å². The van der Waals surface area contributed by atoms with Crippen LogP contribution in [0.4, 0.5) is 0 Å². The van der Waals surface area contributed by atoms with Crippen LogP contribution >= 0.6 is 0 Å². The summed E-state index contributed by atoms with van der Waals surface area (Å²) in [5, 5.41) is 2.99. The van der Waals surface area contributed by atoms with E-state index in [0.29, 0.717) is 6.54 Å². The zero-order valence-electron chi connectivity index (χ0n) is 14.5. The molecule has 0 aromatic heterocycles. The zero-order valence-corrected chi connectivity index (χ0v) is 14.5. The molecule has 0 aliphatic carbocycles. The molecule has 2 aromatic rings. The van der Waals surface area contributed by atoms with E-state index in [1.807, 2.05) is 50.9 Å². The van der Waals surface area contributed by atoms with Crippen molar-refractivity contribution in [1.29, 1.82) is 0 Å². The first-order valence-corrected chi connectivity index (χ1v) is 7.97. The van der Waals surface area contributed by atoms with E-state index in [4.69, 9.17) is 0 Å². The lowest BCUT2D eigenvalue weighted by Gasteiger charge is -2.23. The van der Waals surface area contributed by atoms with Crippen LogP contribution in [-0.2, 0) is 11.3 Å². The summed E-state index contributed by atoms with van der Waals surface area (Å²) in [7, 11) is 1.97. The molecule has 0 fully saturated rings. The van der Waals surface area contributed by atoms with Crippen LogP contribution in [0.25, 0.3) is 11.1 Å². The van der Waals surface area contributed by atoms with Crippen LogP contribution in [0.3, 0.4) is 0 Å². The van der Waals surface area contributed by atoms with Crippen LogP contribution in [0.5, 0.6) is 0 Å². The molecule has 0 aliphatic heterocycles. The molecule has 1 N–H and O–H groups in total. The molecule has 23 heavy (non-hydrogen) atoms. The van der Waals surface area contributed by atoms with Gasteiger partial charge < -0.3 is 5.32 Å².